The number of benzene rings is 3. The lowest BCUT2D eigenvalue weighted by molar-refractivity contribution is -0.143. The minimum atomic E-state index is -0.788. The SMILES string of the molecule is CC(C)NC(=O)C(Cc1ccccc1)N(Cc1ccc(Cl)cc1Cl)C(=O)COc1ccc(C(C)(C)C)cc1Br. The molecule has 0 aliphatic rings. The maximum Gasteiger partial charge on any atom is 0.261 e. The Bertz CT molecular complexity index is 1290. The lowest BCUT2D eigenvalue weighted by atomic mass is 9.87. The number of rotatable bonds is 10. The van der Waals surface area contributed by atoms with Crippen LogP contribution in [-0.4, -0.2) is 35.4 Å². The Hall–Kier alpha value is -2.54. The first-order chi connectivity index (χ1) is 18.3. The number of nitrogens with one attached hydrogen (secondary N) is 1. The standard InChI is InChI=1S/C31H35BrCl2N2O3/c1-20(2)35-30(38)27(15-21-9-7-6-8-10-21)36(18-22-11-13-24(33)17-26(22)34)29(37)19-39-28-14-12-23(16-25(28)32)31(3,4)5/h6-14,16-17,20,27H,15,18-19H2,1-5H3,(H,35,38). The molecule has 0 fully saturated rings. The fourth-order valence-electron chi connectivity index (χ4n) is 4.07. The van der Waals surface area contributed by atoms with Gasteiger partial charge < -0.3 is 15.0 Å². The first kappa shape index (κ1) is 31.0. The van der Waals surface area contributed by atoms with Gasteiger partial charge in [-0.2, -0.15) is 0 Å². The van der Waals surface area contributed by atoms with Crippen molar-refractivity contribution in [3.05, 3.63) is 97.9 Å². The molecule has 0 spiro atoms. The molecule has 0 aliphatic heterocycles. The predicted octanol–water partition coefficient (Wildman–Crippen LogP) is 7.60. The summed E-state index contributed by atoms with van der Waals surface area (Å²) in [5, 5.41) is 3.89. The smallest absolute Gasteiger partial charge is 0.261 e. The van der Waals surface area contributed by atoms with Gasteiger partial charge in [0.25, 0.3) is 5.91 Å². The van der Waals surface area contributed by atoms with Gasteiger partial charge in [0.1, 0.15) is 11.8 Å². The first-order valence-corrected chi connectivity index (χ1v) is 14.4. The van der Waals surface area contributed by atoms with Gasteiger partial charge >= 0.3 is 0 Å². The fourth-order valence-corrected chi connectivity index (χ4v) is 5.04. The Kier molecular flexibility index (Phi) is 10.9. The van der Waals surface area contributed by atoms with Crippen molar-refractivity contribution in [2.75, 3.05) is 6.61 Å². The number of halogens is 3. The molecule has 0 saturated heterocycles. The van der Waals surface area contributed by atoms with Gasteiger partial charge in [-0.25, -0.2) is 0 Å². The maximum atomic E-state index is 13.8. The van der Waals surface area contributed by atoms with Crippen LogP contribution in [0.15, 0.2) is 71.2 Å². The molecule has 0 heterocycles. The molecule has 3 aromatic carbocycles. The van der Waals surface area contributed by atoms with Crippen molar-refractivity contribution in [2.45, 2.75) is 65.1 Å². The van der Waals surface area contributed by atoms with E-state index in [1.54, 1.807) is 18.2 Å². The fraction of sp³-hybridized carbons (Fsp3) is 0.355. The molecule has 1 atom stereocenters. The summed E-state index contributed by atoms with van der Waals surface area (Å²) in [6.07, 6.45) is 0.334. The Morgan fingerprint density at radius 1 is 1.00 bits per heavy atom. The van der Waals surface area contributed by atoms with Crippen molar-refractivity contribution < 1.29 is 14.3 Å². The van der Waals surface area contributed by atoms with Crippen molar-refractivity contribution in [3.63, 3.8) is 0 Å². The lowest BCUT2D eigenvalue weighted by Gasteiger charge is -2.32. The second kappa shape index (κ2) is 13.7. The average Bonchev–Trinajstić information content (AvgIpc) is 2.86. The largest absolute Gasteiger partial charge is 0.483 e. The summed E-state index contributed by atoms with van der Waals surface area (Å²) in [5.41, 5.74) is 2.73. The molecule has 5 nitrogen and oxygen atoms in total. The summed E-state index contributed by atoms with van der Waals surface area (Å²) in [6, 6.07) is 19.7. The van der Waals surface area contributed by atoms with E-state index in [1.807, 2.05) is 62.4 Å². The third-order valence-corrected chi connectivity index (χ3v) is 7.41. The summed E-state index contributed by atoms with van der Waals surface area (Å²) in [7, 11) is 0. The molecule has 0 aromatic heterocycles. The van der Waals surface area contributed by atoms with E-state index in [0.29, 0.717) is 27.8 Å². The number of hydrogen-bond acceptors (Lipinski definition) is 3. The van der Waals surface area contributed by atoms with Crippen LogP contribution < -0.4 is 10.1 Å². The number of amides is 2. The van der Waals surface area contributed by atoms with Gasteiger partial charge in [0.15, 0.2) is 6.61 Å². The molecular weight excluding hydrogens is 599 g/mol. The van der Waals surface area contributed by atoms with Crippen LogP contribution in [-0.2, 0) is 28.0 Å². The molecule has 0 bridgehead atoms. The number of ether oxygens (including phenoxy) is 1. The monoisotopic (exact) mass is 632 g/mol. The third kappa shape index (κ3) is 8.99. The highest BCUT2D eigenvalue weighted by atomic mass is 79.9. The van der Waals surface area contributed by atoms with E-state index in [0.717, 1.165) is 15.6 Å². The van der Waals surface area contributed by atoms with Gasteiger partial charge in [0, 0.05) is 29.1 Å². The molecule has 3 aromatic rings. The normalized spacial score (nSPS) is 12.2. The van der Waals surface area contributed by atoms with E-state index in [2.05, 4.69) is 42.0 Å². The molecule has 0 radical (unpaired) electrons. The zero-order chi connectivity index (χ0) is 28.7. The summed E-state index contributed by atoms with van der Waals surface area (Å²) < 4.78 is 6.73. The third-order valence-electron chi connectivity index (χ3n) is 6.21. The van der Waals surface area contributed by atoms with Gasteiger partial charge in [-0.15, -0.1) is 0 Å². The van der Waals surface area contributed by atoms with Crippen LogP contribution in [0.25, 0.3) is 0 Å². The highest BCUT2D eigenvalue weighted by Crippen LogP contribution is 2.32. The number of carbonyl (C=O) groups excluding carboxylic acids is 2. The van der Waals surface area contributed by atoms with Crippen LogP contribution in [0.4, 0.5) is 0 Å². The Morgan fingerprint density at radius 3 is 2.28 bits per heavy atom. The van der Waals surface area contributed by atoms with Gasteiger partial charge in [-0.05, 0) is 76.1 Å². The summed E-state index contributed by atoms with van der Waals surface area (Å²) in [6.45, 7) is 10.0. The van der Waals surface area contributed by atoms with Gasteiger partial charge in [0.2, 0.25) is 5.91 Å². The molecule has 1 N–H and O–H groups in total. The zero-order valence-electron chi connectivity index (χ0n) is 22.9. The molecule has 0 aliphatic carbocycles. The van der Waals surface area contributed by atoms with Crippen molar-refractivity contribution in [2.24, 2.45) is 0 Å². The van der Waals surface area contributed by atoms with Crippen molar-refractivity contribution in [1.29, 1.82) is 0 Å². The van der Waals surface area contributed by atoms with Gasteiger partial charge in [-0.1, -0.05) is 86.4 Å². The topological polar surface area (TPSA) is 58.6 Å². The van der Waals surface area contributed by atoms with E-state index in [-0.39, 0.29) is 36.4 Å². The van der Waals surface area contributed by atoms with Gasteiger partial charge in [-0.3, -0.25) is 9.59 Å². The first-order valence-electron chi connectivity index (χ1n) is 12.9. The number of nitrogens with zero attached hydrogens (tertiary/aromatic N) is 1. The highest BCUT2D eigenvalue weighted by Gasteiger charge is 2.31. The molecule has 3 rings (SSSR count). The van der Waals surface area contributed by atoms with Crippen LogP contribution >= 0.6 is 39.1 Å². The number of carbonyl (C=O) groups is 2. The van der Waals surface area contributed by atoms with Crippen LogP contribution in [0, 0.1) is 0 Å². The molecule has 0 saturated carbocycles. The molecule has 208 valence electrons. The second-order valence-corrected chi connectivity index (χ2v) is 12.5. The van der Waals surface area contributed by atoms with Crippen LogP contribution in [0.3, 0.4) is 0 Å². The van der Waals surface area contributed by atoms with E-state index in [9.17, 15) is 9.59 Å². The quantitative estimate of drug-likeness (QED) is 0.250. The van der Waals surface area contributed by atoms with Gasteiger partial charge in [0.05, 0.1) is 4.47 Å². The van der Waals surface area contributed by atoms with Crippen molar-refractivity contribution >= 4 is 50.9 Å². The summed E-state index contributed by atoms with van der Waals surface area (Å²) >= 11 is 16.2. The minimum Gasteiger partial charge on any atom is -0.483 e. The number of hydrogen-bond donors (Lipinski definition) is 1. The molecule has 8 heteroatoms. The summed E-state index contributed by atoms with van der Waals surface area (Å²) in [4.78, 5) is 28.8. The lowest BCUT2D eigenvalue weighted by Crippen LogP contribution is -2.52. The van der Waals surface area contributed by atoms with E-state index >= 15 is 0 Å². The minimum absolute atomic E-state index is 0.0278. The van der Waals surface area contributed by atoms with E-state index < -0.39 is 6.04 Å². The van der Waals surface area contributed by atoms with Crippen molar-refractivity contribution in [3.8, 4) is 5.75 Å². The Labute approximate surface area is 250 Å². The summed E-state index contributed by atoms with van der Waals surface area (Å²) in [5.74, 6) is -0.0391. The van der Waals surface area contributed by atoms with Crippen LogP contribution in [0.2, 0.25) is 10.0 Å². The molecule has 39 heavy (non-hydrogen) atoms. The van der Waals surface area contributed by atoms with Crippen LogP contribution in [0.5, 0.6) is 5.75 Å². The molecule has 1 unspecified atom stereocenters. The Morgan fingerprint density at radius 2 is 1.69 bits per heavy atom. The second-order valence-electron chi connectivity index (χ2n) is 10.8. The van der Waals surface area contributed by atoms with Crippen molar-refractivity contribution in [1.82, 2.24) is 10.2 Å². The Balaban J connectivity index is 1.94. The molecular formula is C31H35BrCl2N2O3. The van der Waals surface area contributed by atoms with Crippen LogP contribution in [0.1, 0.15) is 51.3 Å². The average molecular weight is 634 g/mol. The van der Waals surface area contributed by atoms with E-state index in [1.165, 1.54) is 4.90 Å². The predicted molar refractivity (Wildman–Crippen MR) is 163 cm³/mol. The zero-order valence-corrected chi connectivity index (χ0v) is 26.0. The maximum absolute atomic E-state index is 13.8. The highest BCUT2D eigenvalue weighted by molar-refractivity contribution is 9.10. The van der Waals surface area contributed by atoms with E-state index in [4.69, 9.17) is 27.9 Å². The molecule has 2 amide bonds.